The van der Waals surface area contributed by atoms with Gasteiger partial charge in [-0.15, -0.1) is 5.10 Å². The Morgan fingerprint density at radius 3 is 2.80 bits per heavy atom. The van der Waals surface area contributed by atoms with Crippen molar-refractivity contribution in [3.63, 3.8) is 0 Å². The summed E-state index contributed by atoms with van der Waals surface area (Å²) in [5.41, 5.74) is 1.80. The van der Waals surface area contributed by atoms with Crippen LogP contribution in [0.3, 0.4) is 0 Å². The highest BCUT2D eigenvalue weighted by molar-refractivity contribution is 7.99. The number of hydrogen-bond acceptors (Lipinski definition) is 7. The molecule has 2 aromatic heterocycles. The van der Waals surface area contributed by atoms with E-state index in [1.165, 1.54) is 11.8 Å². The van der Waals surface area contributed by atoms with Gasteiger partial charge in [-0.2, -0.15) is 4.98 Å². The van der Waals surface area contributed by atoms with Crippen molar-refractivity contribution in [3.8, 4) is 0 Å². The summed E-state index contributed by atoms with van der Waals surface area (Å²) in [5.74, 6) is 0.828. The molecule has 8 nitrogen and oxygen atoms in total. The molecule has 0 radical (unpaired) electrons. The zero-order valence-corrected chi connectivity index (χ0v) is 16.1. The highest BCUT2D eigenvalue weighted by Gasteiger charge is 2.33. The first-order chi connectivity index (χ1) is 11.8. The fourth-order valence-corrected chi connectivity index (χ4v) is 5.51. The Morgan fingerprint density at radius 2 is 2.16 bits per heavy atom. The van der Waals surface area contributed by atoms with Gasteiger partial charge in [0.05, 0.1) is 17.3 Å². The summed E-state index contributed by atoms with van der Waals surface area (Å²) in [6.45, 7) is 6.19. The van der Waals surface area contributed by atoms with Gasteiger partial charge in [-0.25, -0.2) is 17.9 Å². The minimum atomic E-state index is -3.01. The number of carbonyl (C=O) groups excluding carboxylic acids is 1. The number of carbonyl (C=O) groups is 1. The van der Waals surface area contributed by atoms with Gasteiger partial charge in [0.1, 0.15) is 0 Å². The summed E-state index contributed by atoms with van der Waals surface area (Å²) in [5, 5.41) is 4.86. The predicted octanol–water partition coefficient (Wildman–Crippen LogP) is 0.869. The van der Waals surface area contributed by atoms with Crippen molar-refractivity contribution in [1.82, 2.24) is 24.5 Å². The molecule has 1 atom stereocenters. The van der Waals surface area contributed by atoms with E-state index < -0.39 is 9.84 Å². The lowest BCUT2D eigenvalue weighted by Gasteiger charge is -2.26. The van der Waals surface area contributed by atoms with Crippen LogP contribution >= 0.6 is 11.8 Å². The fraction of sp³-hybridized carbons (Fsp3) is 0.600. The Labute approximate surface area is 150 Å². The molecular weight excluding hydrogens is 362 g/mol. The third-order valence-electron chi connectivity index (χ3n) is 4.23. The molecule has 0 aromatic carbocycles. The van der Waals surface area contributed by atoms with Crippen molar-refractivity contribution in [1.29, 1.82) is 0 Å². The van der Waals surface area contributed by atoms with Gasteiger partial charge >= 0.3 is 0 Å². The van der Waals surface area contributed by atoms with E-state index in [1.54, 1.807) is 9.42 Å². The van der Waals surface area contributed by atoms with E-state index in [0.29, 0.717) is 23.9 Å². The second-order valence-electron chi connectivity index (χ2n) is 6.17. The Bertz CT molecular complexity index is 909. The van der Waals surface area contributed by atoms with Crippen LogP contribution in [-0.2, 0) is 14.6 Å². The highest BCUT2D eigenvalue weighted by Crippen LogP contribution is 2.21. The maximum atomic E-state index is 12.5. The normalized spacial score (nSPS) is 19.4. The second kappa shape index (κ2) is 6.91. The summed E-state index contributed by atoms with van der Waals surface area (Å²) in [6, 6.07) is 1.70. The average molecular weight is 383 g/mol. The van der Waals surface area contributed by atoms with Crippen LogP contribution in [0.1, 0.15) is 24.7 Å². The average Bonchev–Trinajstić information content (AvgIpc) is 3.09. The van der Waals surface area contributed by atoms with Crippen LogP contribution in [0.4, 0.5) is 0 Å². The minimum Gasteiger partial charge on any atom is -0.338 e. The molecule has 3 rings (SSSR count). The van der Waals surface area contributed by atoms with Gasteiger partial charge in [0.15, 0.2) is 9.84 Å². The van der Waals surface area contributed by atoms with E-state index in [-0.39, 0.29) is 29.2 Å². The van der Waals surface area contributed by atoms with Crippen LogP contribution in [0.25, 0.3) is 5.78 Å². The maximum absolute atomic E-state index is 12.5. The van der Waals surface area contributed by atoms with E-state index in [2.05, 4.69) is 15.1 Å². The molecule has 1 amide bonds. The van der Waals surface area contributed by atoms with Crippen molar-refractivity contribution in [2.24, 2.45) is 0 Å². The Balaban J connectivity index is 1.68. The molecule has 3 heterocycles. The van der Waals surface area contributed by atoms with E-state index >= 15 is 0 Å². The molecule has 1 aliphatic heterocycles. The fourth-order valence-electron chi connectivity index (χ4n) is 3.08. The molecule has 0 spiro atoms. The largest absolute Gasteiger partial charge is 0.338 e. The molecule has 0 saturated carbocycles. The van der Waals surface area contributed by atoms with Gasteiger partial charge in [-0.3, -0.25) is 4.79 Å². The van der Waals surface area contributed by atoms with Gasteiger partial charge in [0, 0.05) is 24.0 Å². The van der Waals surface area contributed by atoms with E-state index in [1.807, 2.05) is 26.8 Å². The predicted molar refractivity (Wildman–Crippen MR) is 95.4 cm³/mol. The highest BCUT2D eigenvalue weighted by atomic mass is 32.2. The lowest BCUT2D eigenvalue weighted by Crippen LogP contribution is -2.41. The molecule has 0 bridgehead atoms. The molecule has 0 unspecified atom stereocenters. The smallest absolute Gasteiger partial charge is 0.253 e. The third-order valence-corrected chi connectivity index (χ3v) is 6.81. The minimum absolute atomic E-state index is 0.0618. The number of aromatic nitrogens is 4. The molecule has 2 aromatic rings. The Kier molecular flexibility index (Phi) is 5.01. The lowest BCUT2D eigenvalue weighted by molar-refractivity contribution is -0.129. The van der Waals surface area contributed by atoms with Crippen molar-refractivity contribution in [3.05, 3.63) is 17.5 Å². The molecule has 1 saturated heterocycles. The van der Waals surface area contributed by atoms with Crippen LogP contribution in [0.5, 0.6) is 0 Å². The summed E-state index contributed by atoms with van der Waals surface area (Å²) >= 11 is 1.25. The number of amides is 1. The zero-order chi connectivity index (χ0) is 18.2. The first-order valence-electron chi connectivity index (χ1n) is 8.13. The van der Waals surface area contributed by atoms with E-state index in [4.69, 9.17) is 0 Å². The summed E-state index contributed by atoms with van der Waals surface area (Å²) in [4.78, 5) is 22.8. The molecule has 1 aliphatic rings. The number of sulfone groups is 1. The summed E-state index contributed by atoms with van der Waals surface area (Å²) in [7, 11) is -3.01. The number of aryl methyl sites for hydroxylation is 2. The lowest BCUT2D eigenvalue weighted by atomic mass is 10.2. The standard InChI is InChI=1S/C15H21N5O3S2/c1-4-19(12-5-6-25(22,23)9-12)13(21)8-24-15-17-14-16-10(2)7-11(3)20(14)18-15/h7,12H,4-6,8-9H2,1-3H3/t12-/m0/s1. The molecule has 0 N–H and O–H groups in total. The van der Waals surface area contributed by atoms with Gasteiger partial charge in [-0.05, 0) is 33.3 Å². The van der Waals surface area contributed by atoms with Crippen molar-refractivity contribution >= 4 is 33.3 Å². The van der Waals surface area contributed by atoms with Crippen molar-refractivity contribution < 1.29 is 13.2 Å². The first kappa shape index (κ1) is 18.1. The van der Waals surface area contributed by atoms with Gasteiger partial charge in [0.2, 0.25) is 11.1 Å². The van der Waals surface area contributed by atoms with Gasteiger partial charge < -0.3 is 4.90 Å². The molecule has 136 valence electrons. The molecule has 10 heteroatoms. The molecule has 0 aliphatic carbocycles. The number of hydrogen-bond donors (Lipinski definition) is 0. The number of rotatable bonds is 5. The third kappa shape index (κ3) is 3.95. The quantitative estimate of drug-likeness (QED) is 0.707. The van der Waals surface area contributed by atoms with Crippen LogP contribution in [-0.4, -0.2) is 68.7 Å². The van der Waals surface area contributed by atoms with Crippen LogP contribution in [0, 0.1) is 13.8 Å². The number of nitrogens with zero attached hydrogens (tertiary/aromatic N) is 5. The Hall–Kier alpha value is -1.68. The van der Waals surface area contributed by atoms with E-state index in [9.17, 15) is 13.2 Å². The van der Waals surface area contributed by atoms with Crippen molar-refractivity contribution in [2.45, 2.75) is 38.4 Å². The summed E-state index contributed by atoms with van der Waals surface area (Å²) in [6.07, 6.45) is 0.515. The van der Waals surface area contributed by atoms with E-state index in [0.717, 1.165) is 11.4 Å². The first-order valence-corrected chi connectivity index (χ1v) is 10.9. The molecule has 25 heavy (non-hydrogen) atoms. The maximum Gasteiger partial charge on any atom is 0.253 e. The molecular formula is C15H21N5O3S2. The van der Waals surface area contributed by atoms with Crippen LogP contribution in [0.15, 0.2) is 11.2 Å². The van der Waals surface area contributed by atoms with Crippen LogP contribution < -0.4 is 0 Å². The monoisotopic (exact) mass is 383 g/mol. The summed E-state index contributed by atoms with van der Waals surface area (Å²) < 4.78 is 25.0. The Morgan fingerprint density at radius 1 is 1.40 bits per heavy atom. The van der Waals surface area contributed by atoms with Crippen LogP contribution in [0.2, 0.25) is 0 Å². The number of thioether (sulfide) groups is 1. The van der Waals surface area contributed by atoms with Gasteiger partial charge in [-0.1, -0.05) is 11.8 Å². The van der Waals surface area contributed by atoms with Gasteiger partial charge in [0.25, 0.3) is 5.78 Å². The number of fused-ring (bicyclic) bond motifs is 1. The van der Waals surface area contributed by atoms with Crippen molar-refractivity contribution in [2.75, 3.05) is 23.8 Å². The SMILES string of the molecule is CCN(C(=O)CSc1nc2nc(C)cc(C)n2n1)[C@H]1CCS(=O)(=O)C1. The topological polar surface area (TPSA) is 97.5 Å². The second-order valence-corrected chi connectivity index (χ2v) is 9.34. The zero-order valence-electron chi connectivity index (χ0n) is 14.5. The molecule has 1 fully saturated rings.